The summed E-state index contributed by atoms with van der Waals surface area (Å²) in [5.74, 6) is 0.0618. The number of aryl methyl sites for hydroxylation is 1. The van der Waals surface area contributed by atoms with Crippen LogP contribution in [0.2, 0.25) is 0 Å². The minimum Gasteiger partial charge on any atom is -0.384 e. The molecule has 1 aliphatic rings. The Morgan fingerprint density at radius 2 is 1.93 bits per heavy atom. The molecule has 0 radical (unpaired) electrons. The number of hydrogen-bond acceptors (Lipinski definition) is 6. The van der Waals surface area contributed by atoms with Crippen LogP contribution >= 0.6 is 0 Å². The molecule has 0 spiro atoms. The number of quaternary nitrogens is 1. The van der Waals surface area contributed by atoms with Crippen LogP contribution in [0, 0.1) is 6.92 Å². The molecule has 0 amide bonds. The number of H-pyrrole nitrogens is 1. The number of aromatic amines is 1. The Morgan fingerprint density at radius 3 is 2.62 bits per heavy atom. The van der Waals surface area contributed by atoms with E-state index in [-0.39, 0.29) is 26.5 Å². The molecular formula is C19H24N5O4S+. The number of sulfone groups is 1. The molecule has 1 fully saturated rings. The molecule has 1 aromatic carbocycles. The van der Waals surface area contributed by atoms with Gasteiger partial charge < -0.3 is 19.9 Å². The topological polar surface area (TPSA) is 125 Å². The van der Waals surface area contributed by atoms with Crippen LogP contribution in [0.3, 0.4) is 0 Å². The van der Waals surface area contributed by atoms with Crippen molar-refractivity contribution in [2.45, 2.75) is 23.3 Å². The van der Waals surface area contributed by atoms with Crippen LogP contribution in [-0.2, 0) is 21.1 Å². The van der Waals surface area contributed by atoms with E-state index >= 15 is 0 Å². The Morgan fingerprint density at radius 1 is 1.24 bits per heavy atom. The summed E-state index contributed by atoms with van der Waals surface area (Å²) in [4.78, 5) is 13.9. The third-order valence-corrected chi connectivity index (χ3v) is 7.22. The molecule has 1 aliphatic heterocycles. The van der Waals surface area contributed by atoms with Crippen molar-refractivity contribution in [1.29, 1.82) is 0 Å². The summed E-state index contributed by atoms with van der Waals surface area (Å²) < 4.78 is 33.7. The Bertz CT molecular complexity index is 1190. The lowest BCUT2D eigenvalue weighted by Gasteiger charge is -2.24. The molecule has 2 aromatic heterocycles. The maximum Gasteiger partial charge on any atom is 0.288 e. The maximum atomic E-state index is 13.4. The highest BCUT2D eigenvalue weighted by atomic mass is 32.2. The summed E-state index contributed by atoms with van der Waals surface area (Å²) in [6.45, 7) is 6.13. The molecule has 1 saturated heterocycles. The van der Waals surface area contributed by atoms with Crippen LogP contribution in [0.4, 0.5) is 5.82 Å². The number of aromatic nitrogens is 3. The first-order valence-electron chi connectivity index (χ1n) is 9.48. The molecule has 10 heteroatoms. The predicted octanol–water partition coefficient (Wildman–Crippen LogP) is -0.637. The lowest BCUT2D eigenvalue weighted by molar-refractivity contribution is -0.908. The average molecular weight is 418 g/mol. The summed E-state index contributed by atoms with van der Waals surface area (Å²) in [5.41, 5.74) is 7.04. The summed E-state index contributed by atoms with van der Waals surface area (Å²) >= 11 is 0. The number of nitrogens with zero attached hydrogens (tertiary/aromatic N) is 2. The molecule has 3 aromatic rings. The zero-order valence-electron chi connectivity index (χ0n) is 16.1. The van der Waals surface area contributed by atoms with Gasteiger partial charge in [-0.15, -0.1) is 0 Å². The van der Waals surface area contributed by atoms with E-state index in [4.69, 9.17) is 10.5 Å². The number of ether oxygens (including phenoxy) is 1. The summed E-state index contributed by atoms with van der Waals surface area (Å²) in [5, 5.41) is 6.43. The number of nitrogen functional groups attached to an aromatic ring is 1. The summed E-state index contributed by atoms with van der Waals surface area (Å²) in [6.07, 6.45) is 1.35. The fraction of sp³-hybridized carbons (Fsp3) is 0.368. The van der Waals surface area contributed by atoms with Gasteiger partial charge in [-0.05, 0) is 19.1 Å². The number of morpholine rings is 1. The Balaban J connectivity index is 1.82. The van der Waals surface area contributed by atoms with Gasteiger partial charge in [-0.2, -0.15) is 5.10 Å². The van der Waals surface area contributed by atoms with Crippen molar-refractivity contribution in [3.05, 3.63) is 46.4 Å². The minimum absolute atomic E-state index is 0.0618. The van der Waals surface area contributed by atoms with Gasteiger partial charge in [0.2, 0.25) is 9.84 Å². The summed E-state index contributed by atoms with van der Waals surface area (Å²) in [6, 6.07) is 6.56. The van der Waals surface area contributed by atoms with E-state index < -0.39 is 15.4 Å². The van der Waals surface area contributed by atoms with Crippen molar-refractivity contribution < 1.29 is 18.1 Å². The van der Waals surface area contributed by atoms with E-state index in [1.807, 2.05) is 6.92 Å². The molecule has 0 bridgehead atoms. The summed E-state index contributed by atoms with van der Waals surface area (Å²) in [7, 11) is -3.92. The van der Waals surface area contributed by atoms with Crippen molar-refractivity contribution in [1.82, 2.24) is 14.8 Å². The first kappa shape index (κ1) is 19.6. The van der Waals surface area contributed by atoms with Crippen LogP contribution in [0.5, 0.6) is 0 Å². The molecule has 4 rings (SSSR count). The smallest absolute Gasteiger partial charge is 0.288 e. The molecule has 29 heavy (non-hydrogen) atoms. The largest absolute Gasteiger partial charge is 0.384 e. The van der Waals surface area contributed by atoms with Crippen LogP contribution in [0.1, 0.15) is 5.56 Å². The van der Waals surface area contributed by atoms with E-state index in [0.717, 1.165) is 18.7 Å². The van der Waals surface area contributed by atoms with Gasteiger partial charge in [0, 0.05) is 5.39 Å². The van der Waals surface area contributed by atoms with Gasteiger partial charge in [-0.1, -0.05) is 17.7 Å². The number of rotatable bonds is 5. The number of fused-ring (bicyclic) bond motifs is 1. The lowest BCUT2D eigenvalue weighted by Crippen LogP contribution is -3.14. The van der Waals surface area contributed by atoms with E-state index in [9.17, 15) is 13.2 Å². The van der Waals surface area contributed by atoms with Gasteiger partial charge in [-0.3, -0.25) is 4.79 Å². The SMILES string of the molecule is Cc1ccc(S(=O)(=O)c2c(N)n(CC[NH+]3CCOCC3)c3c(=O)[nH]ncc23)cc1. The zero-order valence-corrected chi connectivity index (χ0v) is 17.0. The van der Waals surface area contributed by atoms with Crippen molar-refractivity contribution >= 4 is 26.6 Å². The Labute approximate surface area is 168 Å². The molecule has 3 heterocycles. The number of anilines is 1. The van der Waals surface area contributed by atoms with Crippen LogP contribution in [0.25, 0.3) is 10.9 Å². The molecule has 0 aliphatic carbocycles. The Kier molecular flexibility index (Phi) is 5.15. The first-order valence-corrected chi connectivity index (χ1v) is 11.0. The average Bonchev–Trinajstić information content (AvgIpc) is 3.00. The number of nitrogens with two attached hydrogens (primary N) is 1. The third-order valence-electron chi connectivity index (χ3n) is 5.36. The van der Waals surface area contributed by atoms with Crippen LogP contribution in [-0.4, -0.2) is 56.0 Å². The van der Waals surface area contributed by atoms with Gasteiger partial charge in [0.15, 0.2) is 0 Å². The van der Waals surface area contributed by atoms with Gasteiger partial charge in [-0.25, -0.2) is 13.5 Å². The number of nitrogens with one attached hydrogen (secondary N) is 2. The zero-order chi connectivity index (χ0) is 20.6. The molecule has 4 N–H and O–H groups in total. The second-order valence-corrected chi connectivity index (χ2v) is 9.14. The second-order valence-electron chi connectivity index (χ2n) is 7.26. The van der Waals surface area contributed by atoms with E-state index in [0.29, 0.717) is 26.3 Å². The molecule has 0 unspecified atom stereocenters. The number of benzene rings is 1. The van der Waals surface area contributed by atoms with E-state index in [2.05, 4.69) is 10.2 Å². The lowest BCUT2D eigenvalue weighted by atomic mass is 10.2. The van der Waals surface area contributed by atoms with E-state index in [1.165, 1.54) is 11.1 Å². The Hall–Kier alpha value is -2.69. The van der Waals surface area contributed by atoms with Crippen molar-refractivity contribution in [3.8, 4) is 0 Å². The second kappa shape index (κ2) is 7.62. The quantitative estimate of drug-likeness (QED) is 0.506. The third kappa shape index (κ3) is 3.54. The highest BCUT2D eigenvalue weighted by Crippen LogP contribution is 2.34. The monoisotopic (exact) mass is 418 g/mol. The van der Waals surface area contributed by atoms with Crippen molar-refractivity contribution in [2.75, 3.05) is 38.6 Å². The van der Waals surface area contributed by atoms with Crippen molar-refractivity contribution in [2.24, 2.45) is 0 Å². The van der Waals surface area contributed by atoms with Gasteiger partial charge in [0.1, 0.15) is 29.3 Å². The molecular weight excluding hydrogens is 394 g/mol. The molecule has 154 valence electrons. The van der Waals surface area contributed by atoms with Gasteiger partial charge >= 0.3 is 0 Å². The van der Waals surface area contributed by atoms with Crippen LogP contribution < -0.4 is 16.2 Å². The van der Waals surface area contributed by atoms with Crippen molar-refractivity contribution in [3.63, 3.8) is 0 Å². The molecule has 0 atom stereocenters. The van der Waals surface area contributed by atoms with E-state index in [1.54, 1.807) is 28.8 Å². The fourth-order valence-electron chi connectivity index (χ4n) is 3.74. The normalized spacial score (nSPS) is 15.8. The fourth-order valence-corrected chi connectivity index (χ4v) is 5.29. The molecule has 0 saturated carbocycles. The van der Waals surface area contributed by atoms with Crippen LogP contribution in [0.15, 0.2) is 45.0 Å². The highest BCUT2D eigenvalue weighted by Gasteiger charge is 2.29. The van der Waals surface area contributed by atoms with Gasteiger partial charge in [0.05, 0.1) is 37.4 Å². The predicted molar refractivity (Wildman–Crippen MR) is 108 cm³/mol. The highest BCUT2D eigenvalue weighted by molar-refractivity contribution is 7.92. The minimum atomic E-state index is -3.92. The standard InChI is InChI=1S/C19H23N5O4S/c1-13-2-4-14(5-3-13)29(26,27)17-15-12-21-22-19(25)16(15)24(18(17)20)7-6-23-8-10-28-11-9-23/h2-5,12H,6-11,20H2,1H3,(H,22,25)/p+1. The number of hydrogen-bond donors (Lipinski definition) is 3. The van der Waals surface area contributed by atoms with Gasteiger partial charge in [0.25, 0.3) is 5.56 Å². The maximum absolute atomic E-state index is 13.4. The first-order chi connectivity index (χ1) is 13.9. The molecule has 9 nitrogen and oxygen atoms in total.